The number of aryl methyl sites for hydroxylation is 2. The van der Waals surface area contributed by atoms with Crippen LogP contribution in [0.15, 0.2) is 30.5 Å². The third-order valence-corrected chi connectivity index (χ3v) is 7.76. The first-order valence-electron chi connectivity index (χ1n) is 13.3. The largest absolute Gasteiger partial charge is 0.381 e. The quantitative estimate of drug-likeness (QED) is 0.614. The second-order valence-corrected chi connectivity index (χ2v) is 10.2. The summed E-state index contributed by atoms with van der Waals surface area (Å²) in [6, 6.07) is 8.31. The van der Waals surface area contributed by atoms with Gasteiger partial charge in [-0.05, 0) is 55.4 Å². The van der Waals surface area contributed by atoms with Gasteiger partial charge in [-0.15, -0.1) is 10.2 Å². The number of alkyl halides is 1. The lowest BCUT2D eigenvalue weighted by molar-refractivity contribution is -0.0248. The zero-order valence-electron chi connectivity index (χ0n) is 21.8. The van der Waals surface area contributed by atoms with Gasteiger partial charge in [0.1, 0.15) is 11.5 Å². The number of anilines is 1. The highest BCUT2D eigenvalue weighted by molar-refractivity contribution is 5.88. The highest BCUT2D eigenvalue weighted by Gasteiger charge is 2.44. The van der Waals surface area contributed by atoms with Gasteiger partial charge in [-0.3, -0.25) is 9.58 Å². The van der Waals surface area contributed by atoms with E-state index in [4.69, 9.17) is 7.48 Å². The van der Waals surface area contributed by atoms with Crippen molar-refractivity contribution in [1.29, 1.82) is 0 Å². The fraction of sp³-hybridized carbons (Fsp3) is 0.577. The van der Waals surface area contributed by atoms with Gasteiger partial charge in [0.2, 0.25) is 0 Å². The van der Waals surface area contributed by atoms with E-state index in [2.05, 4.69) is 27.5 Å². The summed E-state index contributed by atoms with van der Waals surface area (Å²) in [5.41, 5.74) is 2.16. The molecule has 3 atom stereocenters. The van der Waals surface area contributed by atoms with Crippen LogP contribution < -0.4 is 5.32 Å². The van der Waals surface area contributed by atoms with Crippen LogP contribution in [0.25, 0.3) is 22.2 Å². The summed E-state index contributed by atoms with van der Waals surface area (Å²) in [6.07, 6.45) is 4.14. The minimum atomic E-state index is -1.96. The molecular formula is C26H33FN6O. The van der Waals surface area contributed by atoms with Gasteiger partial charge in [-0.2, -0.15) is 5.10 Å². The predicted molar refractivity (Wildman–Crippen MR) is 130 cm³/mol. The molecule has 1 saturated carbocycles. The van der Waals surface area contributed by atoms with Crippen molar-refractivity contribution in [2.24, 2.45) is 18.9 Å². The highest BCUT2D eigenvalue weighted by atomic mass is 19.1. The summed E-state index contributed by atoms with van der Waals surface area (Å²) in [4.78, 5) is 1.75. The molecule has 4 heterocycles. The fourth-order valence-electron chi connectivity index (χ4n) is 5.99. The molecule has 0 bridgehead atoms. The monoisotopic (exact) mass is 466 g/mol. The van der Waals surface area contributed by atoms with Gasteiger partial charge in [0.25, 0.3) is 0 Å². The third-order valence-electron chi connectivity index (χ3n) is 7.76. The summed E-state index contributed by atoms with van der Waals surface area (Å²) in [6.45, 7) is 1.91. The molecule has 2 aliphatic heterocycles. The predicted octanol–water partition coefficient (Wildman–Crippen LogP) is 3.98. The van der Waals surface area contributed by atoms with Crippen LogP contribution in [0.4, 0.5) is 10.2 Å². The average molecular weight is 467 g/mol. The van der Waals surface area contributed by atoms with Crippen molar-refractivity contribution in [2.75, 3.05) is 38.1 Å². The van der Waals surface area contributed by atoms with Gasteiger partial charge in [0, 0.05) is 78.6 Å². The van der Waals surface area contributed by atoms with Gasteiger partial charge < -0.3 is 10.1 Å². The number of hydrogen-bond donors (Lipinski definition) is 1. The minimum absolute atomic E-state index is 0.125. The Bertz CT molecular complexity index is 1250. The maximum Gasteiger partial charge on any atom is 0.148 e. The molecule has 0 spiro atoms. The first kappa shape index (κ1) is 19.7. The summed E-state index contributed by atoms with van der Waals surface area (Å²) < 4.78 is 39.8. The standard InChI is InChI=1S/C26H33FN6O/c1-17-21(3-4-24-22(17)15-32(2)31-24)23-5-6-25(30-29-23)28-20-11-18-13-33(14-19(18)12-20)16-26(27)7-9-34-10-8-26/h3-6,15,18-20H,7-14,16H2,1-2H3,(H,28,30)/t18-,19+,20?/i16D2. The SMILES string of the molecule is [2H]C([2H])(N1C[C@H]2CC(Nc3ccc(-c4ccc5nn(C)cc5c4C)nn3)C[C@H]2C1)C1(F)CCOCC1. The van der Waals surface area contributed by atoms with Crippen LogP contribution in [0.2, 0.25) is 0 Å². The number of hydrogen-bond acceptors (Lipinski definition) is 6. The van der Waals surface area contributed by atoms with Crippen molar-refractivity contribution in [2.45, 2.75) is 44.3 Å². The summed E-state index contributed by atoms with van der Waals surface area (Å²) in [5.74, 6) is 1.48. The van der Waals surface area contributed by atoms with Crippen molar-refractivity contribution < 1.29 is 11.9 Å². The van der Waals surface area contributed by atoms with E-state index in [1.165, 1.54) is 0 Å². The second-order valence-electron chi connectivity index (χ2n) is 10.2. The van der Waals surface area contributed by atoms with E-state index in [0.29, 0.717) is 38.1 Å². The molecule has 1 N–H and O–H groups in total. The van der Waals surface area contributed by atoms with Crippen molar-refractivity contribution in [3.63, 3.8) is 0 Å². The van der Waals surface area contributed by atoms with Crippen molar-refractivity contribution in [3.05, 3.63) is 36.0 Å². The first-order valence-corrected chi connectivity index (χ1v) is 12.3. The van der Waals surface area contributed by atoms with E-state index in [0.717, 1.165) is 46.4 Å². The van der Waals surface area contributed by atoms with Crippen molar-refractivity contribution in [3.8, 4) is 11.3 Å². The average Bonchev–Trinajstić information content (AvgIpc) is 3.53. The molecule has 6 rings (SSSR count). The molecule has 1 unspecified atom stereocenters. The summed E-state index contributed by atoms with van der Waals surface area (Å²) in [5, 5.41) is 18.1. The van der Waals surface area contributed by atoms with Crippen LogP contribution >= 0.6 is 0 Å². The van der Waals surface area contributed by atoms with Gasteiger partial charge in [0.05, 0.1) is 11.2 Å². The Morgan fingerprint density at radius 3 is 2.62 bits per heavy atom. The molecule has 0 amide bonds. The smallest absolute Gasteiger partial charge is 0.148 e. The summed E-state index contributed by atoms with van der Waals surface area (Å²) in [7, 11) is 1.92. The molecule has 2 saturated heterocycles. The fourth-order valence-corrected chi connectivity index (χ4v) is 5.99. The molecule has 3 fully saturated rings. The molecule has 3 aliphatic rings. The molecule has 8 heteroatoms. The van der Waals surface area contributed by atoms with E-state index < -0.39 is 12.2 Å². The van der Waals surface area contributed by atoms with Gasteiger partial charge in [-0.25, -0.2) is 4.39 Å². The molecular weight excluding hydrogens is 431 g/mol. The Balaban J connectivity index is 1.09. The van der Waals surface area contributed by atoms with Crippen LogP contribution in [-0.4, -0.2) is 69.4 Å². The van der Waals surface area contributed by atoms with E-state index in [-0.39, 0.29) is 18.9 Å². The molecule has 1 aromatic carbocycles. The molecule has 180 valence electrons. The van der Waals surface area contributed by atoms with E-state index in [1.54, 1.807) is 4.90 Å². The van der Waals surface area contributed by atoms with E-state index in [1.807, 2.05) is 42.2 Å². The molecule has 3 aromatic rings. The molecule has 1 aliphatic carbocycles. The van der Waals surface area contributed by atoms with Crippen LogP contribution in [0.5, 0.6) is 0 Å². The van der Waals surface area contributed by atoms with Crippen molar-refractivity contribution >= 4 is 16.7 Å². The molecule has 2 aromatic heterocycles. The Hall–Kier alpha value is -2.58. The normalized spacial score (nSPS) is 28.0. The van der Waals surface area contributed by atoms with Crippen LogP contribution in [0.3, 0.4) is 0 Å². The molecule has 0 radical (unpaired) electrons. The minimum Gasteiger partial charge on any atom is -0.381 e. The number of aromatic nitrogens is 4. The highest BCUT2D eigenvalue weighted by Crippen LogP contribution is 2.40. The number of benzene rings is 1. The number of rotatable bonds is 5. The lowest BCUT2D eigenvalue weighted by Crippen LogP contribution is -2.43. The number of halogens is 1. The number of nitrogens with one attached hydrogen (secondary N) is 1. The van der Waals surface area contributed by atoms with E-state index >= 15 is 4.39 Å². The second kappa shape index (κ2) is 8.57. The lowest BCUT2D eigenvalue weighted by atomic mass is 9.96. The Morgan fingerprint density at radius 1 is 1.15 bits per heavy atom. The molecule has 34 heavy (non-hydrogen) atoms. The number of likely N-dealkylation sites (tertiary alicyclic amines) is 1. The number of fused-ring (bicyclic) bond motifs is 2. The van der Waals surface area contributed by atoms with Gasteiger partial charge in [-0.1, -0.05) is 6.07 Å². The maximum atomic E-state index is 15.5. The Labute approximate surface area is 202 Å². The topological polar surface area (TPSA) is 68.1 Å². The maximum absolute atomic E-state index is 15.5. The first-order chi connectivity index (χ1) is 17.2. The third kappa shape index (κ3) is 4.18. The van der Waals surface area contributed by atoms with Crippen LogP contribution in [-0.2, 0) is 11.8 Å². The number of nitrogens with zero attached hydrogens (tertiary/aromatic N) is 5. The van der Waals surface area contributed by atoms with Crippen LogP contribution in [0, 0.1) is 18.8 Å². The van der Waals surface area contributed by atoms with Crippen LogP contribution in [0.1, 0.15) is 34.0 Å². The Kier molecular flexibility index (Phi) is 4.97. The van der Waals surface area contributed by atoms with E-state index in [9.17, 15) is 0 Å². The van der Waals surface area contributed by atoms with Gasteiger partial charge in [0.15, 0.2) is 0 Å². The van der Waals surface area contributed by atoms with Gasteiger partial charge >= 0.3 is 0 Å². The lowest BCUT2D eigenvalue weighted by Gasteiger charge is -2.33. The summed E-state index contributed by atoms with van der Waals surface area (Å²) >= 11 is 0. The van der Waals surface area contributed by atoms with Crippen molar-refractivity contribution in [1.82, 2.24) is 24.9 Å². The zero-order valence-corrected chi connectivity index (χ0v) is 19.8. The number of ether oxygens (including phenoxy) is 1. The molecule has 7 nitrogen and oxygen atoms in total. The zero-order chi connectivity index (χ0) is 25.1. The Morgan fingerprint density at radius 2 is 1.91 bits per heavy atom.